The summed E-state index contributed by atoms with van der Waals surface area (Å²) in [6, 6.07) is 3.51. The molecule has 1 N–H and O–H groups in total. The van der Waals surface area contributed by atoms with Gasteiger partial charge in [-0.05, 0) is 31.9 Å². The SMILES string of the molecule is CCc1noc(NC(=O)CCCc2nc(-c3ccco3)no2)c1C. The zero-order chi connectivity index (χ0) is 16.9. The maximum atomic E-state index is 12.0. The molecule has 0 atom stereocenters. The van der Waals surface area contributed by atoms with Crippen LogP contribution in [0.5, 0.6) is 0 Å². The molecular weight excluding hydrogens is 312 g/mol. The van der Waals surface area contributed by atoms with Gasteiger partial charge < -0.3 is 13.5 Å². The molecule has 0 aromatic carbocycles. The molecule has 0 bridgehead atoms. The molecule has 0 saturated heterocycles. The van der Waals surface area contributed by atoms with Gasteiger partial charge in [0.15, 0.2) is 5.76 Å². The third kappa shape index (κ3) is 3.53. The molecule has 126 valence electrons. The Bertz CT molecular complexity index is 804. The first kappa shape index (κ1) is 16.0. The lowest BCUT2D eigenvalue weighted by molar-refractivity contribution is -0.116. The minimum absolute atomic E-state index is 0.136. The first-order valence-corrected chi connectivity index (χ1v) is 7.78. The Balaban J connectivity index is 1.47. The van der Waals surface area contributed by atoms with Crippen LogP contribution in [0.4, 0.5) is 5.88 Å². The third-order valence-corrected chi connectivity index (χ3v) is 3.61. The maximum absolute atomic E-state index is 12.0. The molecule has 0 spiro atoms. The number of hydrogen-bond acceptors (Lipinski definition) is 7. The van der Waals surface area contributed by atoms with E-state index in [-0.39, 0.29) is 5.91 Å². The Morgan fingerprint density at radius 1 is 1.29 bits per heavy atom. The normalized spacial score (nSPS) is 10.9. The molecule has 0 radical (unpaired) electrons. The van der Waals surface area contributed by atoms with Crippen molar-refractivity contribution in [1.82, 2.24) is 15.3 Å². The van der Waals surface area contributed by atoms with Crippen molar-refractivity contribution in [2.75, 3.05) is 5.32 Å². The number of carbonyl (C=O) groups excluding carboxylic acids is 1. The fraction of sp³-hybridized carbons (Fsp3) is 0.375. The molecule has 3 aromatic heterocycles. The molecule has 24 heavy (non-hydrogen) atoms. The lowest BCUT2D eigenvalue weighted by atomic mass is 10.2. The number of nitrogens with zero attached hydrogens (tertiary/aromatic N) is 3. The number of anilines is 1. The van der Waals surface area contributed by atoms with E-state index in [1.165, 1.54) is 0 Å². The topological polar surface area (TPSA) is 107 Å². The van der Waals surface area contributed by atoms with Crippen LogP contribution < -0.4 is 5.32 Å². The molecule has 1 amide bonds. The number of aromatic nitrogens is 3. The fourth-order valence-corrected chi connectivity index (χ4v) is 2.27. The highest BCUT2D eigenvalue weighted by atomic mass is 16.5. The highest BCUT2D eigenvalue weighted by Gasteiger charge is 2.14. The van der Waals surface area contributed by atoms with Gasteiger partial charge in [-0.15, -0.1) is 0 Å². The molecule has 8 nitrogen and oxygen atoms in total. The van der Waals surface area contributed by atoms with E-state index >= 15 is 0 Å². The minimum Gasteiger partial charge on any atom is -0.461 e. The lowest BCUT2D eigenvalue weighted by Crippen LogP contribution is -2.11. The van der Waals surface area contributed by atoms with E-state index in [1.54, 1.807) is 18.4 Å². The summed E-state index contributed by atoms with van der Waals surface area (Å²) in [5, 5.41) is 10.5. The summed E-state index contributed by atoms with van der Waals surface area (Å²) < 4.78 is 15.5. The summed E-state index contributed by atoms with van der Waals surface area (Å²) >= 11 is 0. The quantitative estimate of drug-likeness (QED) is 0.709. The second-order valence-electron chi connectivity index (χ2n) is 5.33. The summed E-state index contributed by atoms with van der Waals surface area (Å²) in [6.07, 6.45) is 3.72. The second kappa shape index (κ2) is 7.12. The molecule has 8 heteroatoms. The van der Waals surface area contributed by atoms with Gasteiger partial charge in [0.2, 0.25) is 23.5 Å². The van der Waals surface area contributed by atoms with Crippen molar-refractivity contribution in [3.8, 4) is 11.6 Å². The van der Waals surface area contributed by atoms with Gasteiger partial charge in [0.1, 0.15) is 0 Å². The summed E-state index contributed by atoms with van der Waals surface area (Å²) in [5.74, 6) is 1.70. The zero-order valence-electron chi connectivity index (χ0n) is 13.5. The van der Waals surface area contributed by atoms with E-state index in [9.17, 15) is 4.79 Å². The van der Waals surface area contributed by atoms with Crippen LogP contribution in [0, 0.1) is 6.92 Å². The summed E-state index contributed by atoms with van der Waals surface area (Å²) in [7, 11) is 0. The molecule has 0 aliphatic carbocycles. The number of furan rings is 1. The molecule has 3 aromatic rings. The van der Waals surface area contributed by atoms with Crippen LogP contribution in [-0.2, 0) is 17.6 Å². The van der Waals surface area contributed by atoms with E-state index in [0.717, 1.165) is 17.7 Å². The van der Waals surface area contributed by atoms with E-state index in [1.807, 2.05) is 13.8 Å². The van der Waals surface area contributed by atoms with Crippen LogP contribution in [0.15, 0.2) is 31.9 Å². The number of hydrogen-bond donors (Lipinski definition) is 1. The average Bonchev–Trinajstić information content (AvgIpc) is 3.29. The Kier molecular flexibility index (Phi) is 4.74. The number of aryl methyl sites for hydroxylation is 2. The summed E-state index contributed by atoms with van der Waals surface area (Å²) in [4.78, 5) is 16.2. The second-order valence-corrected chi connectivity index (χ2v) is 5.33. The van der Waals surface area contributed by atoms with E-state index in [2.05, 4.69) is 20.6 Å². The summed E-state index contributed by atoms with van der Waals surface area (Å²) in [5.41, 5.74) is 1.72. The summed E-state index contributed by atoms with van der Waals surface area (Å²) in [6.45, 7) is 3.86. The van der Waals surface area contributed by atoms with Crippen molar-refractivity contribution in [2.24, 2.45) is 0 Å². The van der Waals surface area contributed by atoms with Gasteiger partial charge in [0, 0.05) is 18.4 Å². The van der Waals surface area contributed by atoms with Gasteiger partial charge >= 0.3 is 0 Å². The molecule has 3 rings (SSSR count). The Hall–Kier alpha value is -2.90. The minimum atomic E-state index is -0.136. The predicted molar refractivity (Wildman–Crippen MR) is 84.2 cm³/mol. The number of rotatable bonds is 7. The van der Waals surface area contributed by atoms with Gasteiger partial charge in [0.25, 0.3) is 0 Å². The number of nitrogens with one attached hydrogen (secondary N) is 1. The largest absolute Gasteiger partial charge is 0.461 e. The molecular formula is C16H18N4O4. The fourth-order valence-electron chi connectivity index (χ4n) is 2.27. The van der Waals surface area contributed by atoms with Crippen LogP contribution in [0.3, 0.4) is 0 Å². The average molecular weight is 330 g/mol. The number of amides is 1. The molecule has 0 aliphatic heterocycles. The molecule has 0 aliphatic rings. The third-order valence-electron chi connectivity index (χ3n) is 3.61. The highest BCUT2D eigenvalue weighted by Crippen LogP contribution is 2.19. The lowest BCUT2D eigenvalue weighted by Gasteiger charge is -2.01. The van der Waals surface area contributed by atoms with Gasteiger partial charge in [-0.25, -0.2) is 0 Å². The van der Waals surface area contributed by atoms with Crippen molar-refractivity contribution in [2.45, 2.75) is 39.5 Å². The van der Waals surface area contributed by atoms with Crippen LogP contribution >= 0.6 is 0 Å². The van der Waals surface area contributed by atoms with Crippen molar-refractivity contribution < 1.29 is 18.3 Å². The van der Waals surface area contributed by atoms with E-state index in [0.29, 0.717) is 42.6 Å². The van der Waals surface area contributed by atoms with Crippen molar-refractivity contribution in [3.63, 3.8) is 0 Å². The molecule has 0 unspecified atom stereocenters. The van der Waals surface area contributed by atoms with E-state index < -0.39 is 0 Å². The van der Waals surface area contributed by atoms with Crippen molar-refractivity contribution in [3.05, 3.63) is 35.5 Å². The smallest absolute Gasteiger partial charge is 0.238 e. The standard InChI is InChI=1S/C16H18N4O4/c1-3-11-10(2)16(24-19-11)17-13(21)7-4-8-14-18-15(20-23-14)12-6-5-9-22-12/h5-6,9H,3-4,7-8H2,1-2H3,(H,17,21). The van der Waals surface area contributed by atoms with Gasteiger partial charge in [-0.1, -0.05) is 17.2 Å². The predicted octanol–water partition coefficient (Wildman–Crippen LogP) is 3.15. The van der Waals surface area contributed by atoms with Gasteiger partial charge in [-0.3, -0.25) is 10.1 Å². The van der Waals surface area contributed by atoms with Crippen LogP contribution in [-0.4, -0.2) is 21.2 Å². The van der Waals surface area contributed by atoms with Gasteiger partial charge in [-0.2, -0.15) is 4.98 Å². The van der Waals surface area contributed by atoms with Crippen molar-refractivity contribution in [1.29, 1.82) is 0 Å². The first-order chi connectivity index (χ1) is 11.7. The van der Waals surface area contributed by atoms with Crippen LogP contribution in [0.2, 0.25) is 0 Å². The first-order valence-electron chi connectivity index (χ1n) is 7.78. The van der Waals surface area contributed by atoms with Crippen LogP contribution in [0.1, 0.15) is 36.9 Å². The van der Waals surface area contributed by atoms with Gasteiger partial charge in [0.05, 0.1) is 12.0 Å². The zero-order valence-corrected chi connectivity index (χ0v) is 13.5. The molecule has 0 fully saturated rings. The Morgan fingerprint density at radius 2 is 2.17 bits per heavy atom. The Labute approximate surface area is 138 Å². The maximum Gasteiger partial charge on any atom is 0.238 e. The van der Waals surface area contributed by atoms with Crippen molar-refractivity contribution >= 4 is 11.8 Å². The van der Waals surface area contributed by atoms with Crippen LogP contribution in [0.25, 0.3) is 11.6 Å². The Morgan fingerprint density at radius 3 is 2.88 bits per heavy atom. The number of carbonyl (C=O) groups is 1. The molecule has 3 heterocycles. The van der Waals surface area contributed by atoms with E-state index in [4.69, 9.17) is 13.5 Å². The monoisotopic (exact) mass is 330 g/mol. The molecule has 0 saturated carbocycles. The highest BCUT2D eigenvalue weighted by molar-refractivity contribution is 5.89.